The molecule has 2 heterocycles. The first-order chi connectivity index (χ1) is 11.7. The van der Waals surface area contributed by atoms with Crippen molar-refractivity contribution in [3.05, 3.63) is 58.5 Å². The van der Waals surface area contributed by atoms with Gasteiger partial charge in [0.25, 0.3) is 5.91 Å². The normalized spacial score (nSPS) is 20.9. The summed E-state index contributed by atoms with van der Waals surface area (Å²) in [6, 6.07) is 8.42. The lowest BCUT2D eigenvalue weighted by Crippen LogP contribution is -2.27. The topological polar surface area (TPSA) is 23.6 Å². The molecule has 0 saturated carbocycles. The second kappa shape index (κ2) is 7.59. The third kappa shape index (κ3) is 3.31. The van der Waals surface area contributed by atoms with Gasteiger partial charge in [-0.3, -0.25) is 9.69 Å². The minimum absolute atomic E-state index is 0.00244. The Morgan fingerprint density at radius 1 is 1.04 bits per heavy atom. The number of anilines is 1. The first kappa shape index (κ1) is 17.3. The van der Waals surface area contributed by atoms with Crippen molar-refractivity contribution in [2.45, 2.75) is 18.7 Å². The number of para-hydroxylation sites is 1. The van der Waals surface area contributed by atoms with Gasteiger partial charge in [-0.2, -0.15) is 0 Å². The summed E-state index contributed by atoms with van der Waals surface area (Å²) in [5.74, 6) is 0.00244. The van der Waals surface area contributed by atoms with E-state index in [0.29, 0.717) is 15.8 Å². The molecule has 6 heteroatoms. The highest BCUT2D eigenvalue weighted by molar-refractivity contribution is 8.26. The molecule has 0 radical (unpaired) electrons. The molecule has 24 heavy (non-hydrogen) atoms. The number of rotatable bonds is 4. The van der Waals surface area contributed by atoms with Gasteiger partial charge < -0.3 is 4.90 Å². The maximum atomic E-state index is 12.1. The lowest BCUT2D eigenvalue weighted by Gasteiger charge is -2.17. The molecule has 1 aromatic carbocycles. The van der Waals surface area contributed by atoms with E-state index in [1.54, 1.807) is 16.7 Å². The first-order valence-corrected chi connectivity index (χ1v) is 9.86. The van der Waals surface area contributed by atoms with Gasteiger partial charge in [0.05, 0.1) is 15.6 Å². The molecule has 1 amide bonds. The van der Waals surface area contributed by atoms with Crippen molar-refractivity contribution >= 4 is 51.7 Å². The molecule has 2 aliphatic rings. The SMILES string of the molecule is CCN1C(=O)\C(=C/C=C/C=C2\Sc3ccccc3N2CC)SC1=S. The molecule has 0 aromatic heterocycles. The number of carbonyl (C=O) groups excluding carboxylic acids is 1. The van der Waals surface area contributed by atoms with Gasteiger partial charge in [-0.1, -0.05) is 60.0 Å². The number of carbonyl (C=O) groups is 1. The molecule has 1 saturated heterocycles. The second-order valence-corrected chi connectivity index (χ2v) is 7.89. The fourth-order valence-corrected chi connectivity index (χ4v) is 5.05. The number of allylic oxidation sites excluding steroid dienone is 4. The zero-order valence-electron chi connectivity index (χ0n) is 13.6. The summed E-state index contributed by atoms with van der Waals surface area (Å²) in [6.07, 6.45) is 7.82. The van der Waals surface area contributed by atoms with E-state index in [2.05, 4.69) is 42.2 Å². The number of benzene rings is 1. The summed E-state index contributed by atoms with van der Waals surface area (Å²) in [7, 11) is 0. The Morgan fingerprint density at radius 3 is 2.46 bits per heavy atom. The zero-order valence-corrected chi connectivity index (χ0v) is 16.0. The highest BCUT2D eigenvalue weighted by Crippen LogP contribution is 2.45. The van der Waals surface area contributed by atoms with Crippen molar-refractivity contribution in [1.29, 1.82) is 0 Å². The summed E-state index contributed by atoms with van der Waals surface area (Å²) >= 11 is 8.35. The van der Waals surface area contributed by atoms with E-state index in [0.717, 1.165) is 6.54 Å². The minimum Gasteiger partial charge on any atom is -0.335 e. The predicted molar refractivity (Wildman–Crippen MR) is 108 cm³/mol. The number of nitrogens with zero attached hydrogens (tertiary/aromatic N) is 2. The Kier molecular flexibility index (Phi) is 5.48. The summed E-state index contributed by atoms with van der Waals surface area (Å²) in [5.41, 5.74) is 1.26. The van der Waals surface area contributed by atoms with Gasteiger partial charge in [-0.15, -0.1) is 0 Å². The Morgan fingerprint density at radius 2 is 1.75 bits per heavy atom. The van der Waals surface area contributed by atoms with Crippen LogP contribution >= 0.6 is 35.7 Å². The van der Waals surface area contributed by atoms with Crippen molar-refractivity contribution < 1.29 is 4.79 Å². The third-order valence-electron chi connectivity index (χ3n) is 3.74. The predicted octanol–water partition coefficient (Wildman–Crippen LogP) is 4.78. The molecule has 0 atom stereocenters. The quantitative estimate of drug-likeness (QED) is 0.557. The number of amides is 1. The van der Waals surface area contributed by atoms with E-state index in [9.17, 15) is 4.79 Å². The molecule has 0 unspecified atom stereocenters. The molecule has 1 fully saturated rings. The molecule has 2 aliphatic heterocycles. The number of thiocarbonyl (C=S) groups is 1. The number of thioether (sulfide) groups is 2. The second-order valence-electron chi connectivity index (χ2n) is 5.15. The minimum atomic E-state index is 0.00244. The van der Waals surface area contributed by atoms with E-state index in [1.807, 2.05) is 25.2 Å². The summed E-state index contributed by atoms with van der Waals surface area (Å²) in [5, 5.41) is 1.20. The lowest BCUT2D eigenvalue weighted by atomic mass is 10.3. The van der Waals surface area contributed by atoms with Crippen LogP contribution < -0.4 is 4.90 Å². The molecular weight excluding hydrogens is 356 g/mol. The van der Waals surface area contributed by atoms with Gasteiger partial charge in [0.1, 0.15) is 4.32 Å². The Hall–Kier alpha value is -1.50. The Balaban J connectivity index is 1.73. The average molecular weight is 375 g/mol. The van der Waals surface area contributed by atoms with Gasteiger partial charge in [0.2, 0.25) is 0 Å². The molecule has 1 aromatic rings. The van der Waals surface area contributed by atoms with E-state index < -0.39 is 0 Å². The number of hydrogen-bond acceptors (Lipinski definition) is 5. The van der Waals surface area contributed by atoms with Crippen LogP contribution in [0.25, 0.3) is 0 Å². The maximum Gasteiger partial charge on any atom is 0.266 e. The smallest absolute Gasteiger partial charge is 0.266 e. The molecule has 0 N–H and O–H groups in total. The van der Waals surface area contributed by atoms with Crippen molar-refractivity contribution in [2.24, 2.45) is 0 Å². The fraction of sp³-hybridized carbons (Fsp3) is 0.222. The maximum absolute atomic E-state index is 12.1. The van der Waals surface area contributed by atoms with Crippen molar-refractivity contribution in [3.63, 3.8) is 0 Å². The molecular formula is C18H18N2OS3. The first-order valence-electron chi connectivity index (χ1n) is 7.82. The molecule has 3 rings (SSSR count). The highest BCUT2D eigenvalue weighted by atomic mass is 32.2. The van der Waals surface area contributed by atoms with E-state index in [-0.39, 0.29) is 5.91 Å². The molecule has 3 nitrogen and oxygen atoms in total. The van der Waals surface area contributed by atoms with Crippen LogP contribution in [0, 0.1) is 0 Å². The van der Waals surface area contributed by atoms with Crippen LogP contribution in [0.4, 0.5) is 5.69 Å². The van der Waals surface area contributed by atoms with Gasteiger partial charge in [-0.05, 0) is 38.1 Å². The summed E-state index contributed by atoms with van der Waals surface area (Å²) in [4.78, 5) is 18.0. The van der Waals surface area contributed by atoms with Crippen LogP contribution in [0.1, 0.15) is 13.8 Å². The molecule has 0 spiro atoms. The van der Waals surface area contributed by atoms with Gasteiger partial charge in [-0.25, -0.2) is 0 Å². The molecule has 0 bridgehead atoms. The largest absolute Gasteiger partial charge is 0.335 e. The lowest BCUT2D eigenvalue weighted by molar-refractivity contribution is -0.122. The van der Waals surface area contributed by atoms with Gasteiger partial charge in [0, 0.05) is 18.0 Å². The number of likely N-dealkylation sites (N-methyl/N-ethyl adjacent to an activating group) is 1. The average Bonchev–Trinajstić information content (AvgIpc) is 3.08. The zero-order chi connectivity index (χ0) is 17.1. The number of hydrogen-bond donors (Lipinski definition) is 0. The van der Waals surface area contributed by atoms with E-state index in [4.69, 9.17) is 12.2 Å². The van der Waals surface area contributed by atoms with Crippen LogP contribution in [-0.4, -0.2) is 28.2 Å². The van der Waals surface area contributed by atoms with E-state index in [1.165, 1.54) is 27.4 Å². The van der Waals surface area contributed by atoms with Crippen LogP contribution in [0.5, 0.6) is 0 Å². The highest BCUT2D eigenvalue weighted by Gasteiger charge is 2.30. The Labute approximate surface area is 156 Å². The molecule has 0 aliphatic carbocycles. The fourth-order valence-electron chi connectivity index (χ4n) is 2.57. The Bertz CT molecular complexity index is 767. The monoisotopic (exact) mass is 374 g/mol. The number of fused-ring (bicyclic) bond motifs is 1. The standard InChI is InChI=1S/C18H18N2OS3/c1-3-19-13-9-5-6-10-14(13)23-16(19)12-8-7-11-15-17(21)20(4-2)18(22)24-15/h5-12H,3-4H2,1-2H3/b8-7+,15-11+,16-12-. The van der Waals surface area contributed by atoms with Crippen LogP contribution in [0.15, 0.2) is 63.4 Å². The summed E-state index contributed by atoms with van der Waals surface area (Å²) in [6.45, 7) is 5.63. The van der Waals surface area contributed by atoms with Crippen molar-refractivity contribution in [3.8, 4) is 0 Å². The van der Waals surface area contributed by atoms with Gasteiger partial charge >= 0.3 is 0 Å². The summed E-state index contributed by atoms with van der Waals surface area (Å²) < 4.78 is 0.638. The van der Waals surface area contributed by atoms with Crippen LogP contribution in [-0.2, 0) is 4.79 Å². The van der Waals surface area contributed by atoms with Crippen molar-refractivity contribution in [2.75, 3.05) is 18.0 Å². The van der Waals surface area contributed by atoms with Crippen molar-refractivity contribution in [1.82, 2.24) is 4.90 Å². The molecule has 124 valence electrons. The van der Waals surface area contributed by atoms with Gasteiger partial charge in [0.15, 0.2) is 0 Å². The van der Waals surface area contributed by atoms with E-state index >= 15 is 0 Å². The van der Waals surface area contributed by atoms with Crippen LogP contribution in [0.2, 0.25) is 0 Å². The van der Waals surface area contributed by atoms with Crippen LogP contribution in [0.3, 0.4) is 0 Å². The third-order valence-corrected chi connectivity index (χ3v) is 6.27.